The van der Waals surface area contributed by atoms with Crippen molar-refractivity contribution in [2.45, 2.75) is 32.9 Å². The topological polar surface area (TPSA) is 71.2 Å². The van der Waals surface area contributed by atoms with Crippen molar-refractivity contribution in [3.63, 3.8) is 0 Å². The maximum absolute atomic E-state index is 13.9. The van der Waals surface area contributed by atoms with Gasteiger partial charge in [-0.3, -0.25) is 4.98 Å². The van der Waals surface area contributed by atoms with Crippen molar-refractivity contribution >= 4 is 17.3 Å². The van der Waals surface area contributed by atoms with Crippen LogP contribution in [0.3, 0.4) is 0 Å². The van der Waals surface area contributed by atoms with E-state index in [1.165, 1.54) is 17.8 Å². The summed E-state index contributed by atoms with van der Waals surface area (Å²) in [5, 5.41) is 0. The van der Waals surface area contributed by atoms with Crippen molar-refractivity contribution in [1.82, 2.24) is 15.0 Å². The first kappa shape index (κ1) is 18.4. The number of fused-ring (bicyclic) bond motifs is 1. The maximum Gasteiger partial charge on any atom is 0.160 e. The lowest BCUT2D eigenvalue weighted by Gasteiger charge is -2.31. The molecule has 0 bridgehead atoms. The van der Waals surface area contributed by atoms with Gasteiger partial charge in [0.1, 0.15) is 23.5 Å². The molecule has 0 fully saturated rings. The molecule has 6 nitrogen and oxygen atoms in total. The van der Waals surface area contributed by atoms with Gasteiger partial charge < -0.3 is 15.5 Å². The van der Waals surface area contributed by atoms with E-state index in [2.05, 4.69) is 40.0 Å². The number of rotatable bonds is 4. The molecule has 0 radical (unpaired) electrons. The van der Waals surface area contributed by atoms with E-state index in [0.717, 1.165) is 23.5 Å². The molecule has 2 unspecified atom stereocenters. The molecular weight excluding hydrogens is 355 g/mol. The normalized spacial score (nSPS) is 21.1. The Morgan fingerprint density at radius 2 is 2.11 bits per heavy atom. The van der Waals surface area contributed by atoms with Crippen LogP contribution in [0.4, 0.5) is 21.7 Å². The Balaban J connectivity index is 1.80. The van der Waals surface area contributed by atoms with E-state index in [0.29, 0.717) is 30.5 Å². The van der Waals surface area contributed by atoms with Gasteiger partial charge in [-0.25, -0.2) is 14.4 Å². The SMILES string of the molecule is CCc1nc(N)c2c(n1)N(CC1=CCC(C)C=C1)C(c1cncc(F)c1)N2C. The fraction of sp³-hybridized carbons (Fsp3) is 0.381. The van der Waals surface area contributed by atoms with Crippen molar-refractivity contribution in [2.75, 3.05) is 29.1 Å². The summed E-state index contributed by atoms with van der Waals surface area (Å²) in [7, 11) is 1.94. The minimum absolute atomic E-state index is 0.254. The summed E-state index contributed by atoms with van der Waals surface area (Å²) in [6, 6.07) is 1.52. The highest BCUT2D eigenvalue weighted by Crippen LogP contribution is 2.47. The number of nitrogens with zero attached hydrogens (tertiary/aromatic N) is 5. The first-order valence-electron chi connectivity index (χ1n) is 9.61. The zero-order chi connectivity index (χ0) is 19.8. The monoisotopic (exact) mass is 380 g/mol. The predicted octanol–water partition coefficient (Wildman–Crippen LogP) is 3.63. The molecule has 7 heteroatoms. The third-order valence-corrected chi connectivity index (χ3v) is 5.31. The molecular formula is C21H25FN6. The fourth-order valence-corrected chi connectivity index (χ4v) is 3.87. The molecule has 4 rings (SSSR count). The number of hydrogen-bond acceptors (Lipinski definition) is 6. The van der Waals surface area contributed by atoms with Gasteiger partial charge in [0, 0.05) is 31.8 Å². The highest BCUT2D eigenvalue weighted by molar-refractivity contribution is 5.83. The Labute approximate surface area is 164 Å². The lowest BCUT2D eigenvalue weighted by molar-refractivity contribution is 0.603. The van der Waals surface area contributed by atoms with E-state index < -0.39 is 0 Å². The zero-order valence-corrected chi connectivity index (χ0v) is 16.4. The Kier molecular flexibility index (Phi) is 4.75. The number of allylic oxidation sites excluding steroid dienone is 2. The number of pyridine rings is 1. The summed E-state index contributed by atoms with van der Waals surface area (Å²) in [5.41, 5.74) is 9.03. The van der Waals surface area contributed by atoms with E-state index in [-0.39, 0.29) is 12.0 Å². The molecule has 28 heavy (non-hydrogen) atoms. The van der Waals surface area contributed by atoms with Crippen LogP contribution < -0.4 is 15.5 Å². The first-order chi connectivity index (χ1) is 13.5. The van der Waals surface area contributed by atoms with E-state index in [1.807, 2.05) is 18.9 Å². The Morgan fingerprint density at radius 3 is 2.79 bits per heavy atom. The summed E-state index contributed by atoms with van der Waals surface area (Å²) >= 11 is 0. The van der Waals surface area contributed by atoms with Crippen molar-refractivity contribution in [1.29, 1.82) is 0 Å². The number of aryl methyl sites for hydroxylation is 1. The third kappa shape index (κ3) is 3.21. The fourth-order valence-electron chi connectivity index (χ4n) is 3.87. The lowest BCUT2D eigenvalue weighted by atomic mass is 9.98. The number of halogens is 1. The van der Waals surface area contributed by atoms with Crippen molar-refractivity contribution in [3.05, 3.63) is 59.5 Å². The summed E-state index contributed by atoms with van der Waals surface area (Å²) in [6.45, 7) is 4.86. The largest absolute Gasteiger partial charge is 0.382 e. The van der Waals surface area contributed by atoms with E-state index in [4.69, 9.17) is 10.7 Å². The van der Waals surface area contributed by atoms with E-state index in [9.17, 15) is 4.39 Å². The number of nitrogen functional groups attached to an aromatic ring is 1. The summed E-state index contributed by atoms with van der Waals surface area (Å²) < 4.78 is 13.9. The van der Waals surface area contributed by atoms with Gasteiger partial charge in [-0.2, -0.15) is 0 Å². The van der Waals surface area contributed by atoms with Crippen LogP contribution in [-0.4, -0.2) is 28.5 Å². The molecule has 2 aromatic heterocycles. The molecule has 2 N–H and O–H groups in total. The van der Waals surface area contributed by atoms with Gasteiger partial charge in [-0.1, -0.05) is 32.1 Å². The van der Waals surface area contributed by atoms with Gasteiger partial charge in [0.2, 0.25) is 0 Å². The summed E-state index contributed by atoms with van der Waals surface area (Å²) in [4.78, 5) is 17.4. The molecule has 0 saturated heterocycles. The van der Waals surface area contributed by atoms with Gasteiger partial charge in [0.25, 0.3) is 0 Å². The number of aromatic nitrogens is 3. The second-order valence-corrected chi connectivity index (χ2v) is 7.45. The van der Waals surface area contributed by atoms with Crippen LogP contribution in [0, 0.1) is 11.7 Å². The molecule has 2 aromatic rings. The molecule has 1 aliphatic carbocycles. The average Bonchev–Trinajstić information content (AvgIpc) is 2.95. The smallest absolute Gasteiger partial charge is 0.160 e. The van der Waals surface area contributed by atoms with Crippen LogP contribution in [0.2, 0.25) is 0 Å². The lowest BCUT2D eigenvalue weighted by Crippen LogP contribution is -2.35. The molecule has 146 valence electrons. The Bertz CT molecular complexity index is 954. The standard InChI is InChI=1S/C21H25FN6/c1-4-17-25-19(23)18-20(26-17)28(12-14-7-5-13(2)6-8-14)21(27(18)3)15-9-16(22)11-24-10-15/h5,7-11,13,21H,4,6,12H2,1-3H3,(H2,23,25,26). The summed E-state index contributed by atoms with van der Waals surface area (Å²) in [6.07, 6.45) is 11.0. The van der Waals surface area contributed by atoms with Crippen molar-refractivity contribution < 1.29 is 4.39 Å². The molecule has 2 atom stereocenters. The molecule has 0 spiro atoms. The van der Waals surface area contributed by atoms with Crippen LogP contribution in [0.5, 0.6) is 0 Å². The van der Waals surface area contributed by atoms with Crippen LogP contribution in [0.15, 0.2) is 42.3 Å². The van der Waals surface area contributed by atoms with Gasteiger partial charge in [-0.05, 0) is 24.0 Å². The molecule has 3 heterocycles. The minimum atomic E-state index is -0.360. The highest BCUT2D eigenvalue weighted by Gasteiger charge is 2.39. The van der Waals surface area contributed by atoms with Crippen LogP contribution in [-0.2, 0) is 6.42 Å². The summed E-state index contributed by atoms with van der Waals surface area (Å²) in [5.74, 6) is 2.12. The molecule has 0 saturated carbocycles. The predicted molar refractivity (Wildman–Crippen MR) is 110 cm³/mol. The Morgan fingerprint density at radius 1 is 1.29 bits per heavy atom. The third-order valence-electron chi connectivity index (χ3n) is 5.31. The second kappa shape index (κ2) is 7.22. The first-order valence-corrected chi connectivity index (χ1v) is 9.61. The molecule has 1 aliphatic heterocycles. The van der Waals surface area contributed by atoms with Crippen LogP contribution in [0.25, 0.3) is 0 Å². The quantitative estimate of drug-likeness (QED) is 0.873. The van der Waals surface area contributed by atoms with Gasteiger partial charge in [0.05, 0.1) is 6.20 Å². The number of anilines is 3. The van der Waals surface area contributed by atoms with Gasteiger partial charge in [-0.15, -0.1) is 0 Å². The highest BCUT2D eigenvalue weighted by atomic mass is 19.1. The van der Waals surface area contributed by atoms with Gasteiger partial charge >= 0.3 is 0 Å². The minimum Gasteiger partial charge on any atom is -0.382 e. The van der Waals surface area contributed by atoms with E-state index in [1.54, 1.807) is 6.20 Å². The average molecular weight is 380 g/mol. The van der Waals surface area contributed by atoms with Crippen LogP contribution in [0.1, 0.15) is 37.8 Å². The molecule has 2 aliphatic rings. The number of nitrogens with two attached hydrogens (primary N) is 1. The van der Waals surface area contributed by atoms with Crippen molar-refractivity contribution in [3.8, 4) is 0 Å². The number of hydrogen-bond donors (Lipinski definition) is 1. The zero-order valence-electron chi connectivity index (χ0n) is 16.4. The molecule has 0 aromatic carbocycles. The van der Waals surface area contributed by atoms with Crippen molar-refractivity contribution in [2.24, 2.45) is 5.92 Å². The maximum atomic E-state index is 13.9. The van der Waals surface area contributed by atoms with Gasteiger partial charge in [0.15, 0.2) is 11.6 Å². The Hall–Kier alpha value is -2.96. The van der Waals surface area contributed by atoms with Crippen LogP contribution >= 0.6 is 0 Å². The molecule has 0 amide bonds. The second-order valence-electron chi connectivity index (χ2n) is 7.45. The van der Waals surface area contributed by atoms with E-state index >= 15 is 0 Å².